The number of rotatable bonds is 3. The van der Waals surface area contributed by atoms with Crippen molar-refractivity contribution in [3.05, 3.63) is 0 Å². The van der Waals surface area contributed by atoms with Gasteiger partial charge in [-0.25, -0.2) is 0 Å². The Bertz CT molecular complexity index is 176. The number of hydrogen-bond acceptors (Lipinski definition) is 0. The van der Waals surface area contributed by atoms with E-state index in [0.29, 0.717) is 0 Å². The zero-order valence-corrected chi connectivity index (χ0v) is 8.71. The second-order valence-corrected chi connectivity index (χ2v) is 4.09. The Kier molecular flexibility index (Phi) is 4.49. The molecule has 0 N–H and O–H groups in total. The molecule has 0 aromatic carbocycles. The van der Waals surface area contributed by atoms with E-state index in [9.17, 15) is 26.3 Å². The Morgan fingerprint density at radius 3 is 1.33 bits per heavy atom. The second kappa shape index (κ2) is 4.61. The van der Waals surface area contributed by atoms with Crippen molar-refractivity contribution in [3.8, 4) is 0 Å². The molecule has 1 atom stereocenters. The molecule has 0 aliphatic heterocycles. The Morgan fingerprint density at radius 1 is 0.800 bits per heavy atom. The maximum atomic E-state index is 12.1. The molecule has 0 fully saturated rings. The highest BCUT2D eigenvalue weighted by atomic mass is 19.4. The third kappa shape index (κ3) is 4.75. The van der Waals surface area contributed by atoms with Crippen LogP contribution >= 0.6 is 0 Å². The van der Waals surface area contributed by atoms with E-state index < -0.39 is 30.6 Å². The Balaban J connectivity index is 4.69. The molecule has 0 rings (SSSR count). The lowest BCUT2D eigenvalue weighted by Crippen LogP contribution is -2.38. The van der Waals surface area contributed by atoms with Crippen molar-refractivity contribution < 1.29 is 26.3 Å². The van der Waals surface area contributed by atoms with Gasteiger partial charge in [-0.1, -0.05) is 20.8 Å². The van der Waals surface area contributed by atoms with E-state index in [1.165, 1.54) is 6.92 Å². The summed E-state index contributed by atoms with van der Waals surface area (Å²) in [7, 11) is 0. The van der Waals surface area contributed by atoms with E-state index in [2.05, 4.69) is 0 Å². The molecule has 0 spiro atoms. The van der Waals surface area contributed by atoms with Crippen LogP contribution in [-0.4, -0.2) is 12.4 Å². The van der Waals surface area contributed by atoms with Crippen LogP contribution in [0, 0.1) is 17.8 Å². The van der Waals surface area contributed by atoms with E-state index in [4.69, 9.17) is 0 Å². The fraction of sp³-hybridized carbons (Fsp3) is 1.00. The Labute approximate surface area is 84.7 Å². The molecule has 0 aromatic heterocycles. The largest absolute Gasteiger partial charge is 0.400 e. The summed E-state index contributed by atoms with van der Waals surface area (Å²) in [4.78, 5) is 0. The van der Waals surface area contributed by atoms with Gasteiger partial charge in [-0.2, -0.15) is 26.3 Å². The first-order chi connectivity index (χ1) is 6.46. The van der Waals surface area contributed by atoms with Gasteiger partial charge in [0.15, 0.2) is 5.92 Å². The summed E-state index contributed by atoms with van der Waals surface area (Å²) < 4.78 is 72.7. The molecule has 0 aliphatic carbocycles. The topological polar surface area (TPSA) is 0 Å². The van der Waals surface area contributed by atoms with Gasteiger partial charge in [0.25, 0.3) is 0 Å². The van der Waals surface area contributed by atoms with Gasteiger partial charge in [-0.3, -0.25) is 0 Å². The van der Waals surface area contributed by atoms with Crippen LogP contribution in [0.3, 0.4) is 0 Å². The van der Waals surface area contributed by atoms with E-state index >= 15 is 0 Å². The maximum Gasteiger partial charge on any atom is 0.400 e. The van der Waals surface area contributed by atoms with Gasteiger partial charge < -0.3 is 0 Å². The third-order valence-electron chi connectivity index (χ3n) is 2.54. The SMILES string of the molecule is CC(C)C(C)CC(C(F)(F)F)C(F)(F)F. The summed E-state index contributed by atoms with van der Waals surface area (Å²) in [5.74, 6) is -4.02. The fourth-order valence-corrected chi connectivity index (χ4v) is 1.10. The fourth-order valence-electron chi connectivity index (χ4n) is 1.10. The first-order valence-corrected chi connectivity index (χ1v) is 4.59. The molecule has 0 amide bonds. The second-order valence-electron chi connectivity index (χ2n) is 4.09. The minimum Gasteiger partial charge on any atom is -0.170 e. The van der Waals surface area contributed by atoms with Crippen molar-refractivity contribution in [1.29, 1.82) is 0 Å². The molecule has 0 heterocycles. The smallest absolute Gasteiger partial charge is 0.170 e. The van der Waals surface area contributed by atoms with Crippen molar-refractivity contribution in [1.82, 2.24) is 0 Å². The van der Waals surface area contributed by atoms with Crippen molar-refractivity contribution in [2.24, 2.45) is 17.8 Å². The standard InChI is InChI=1S/C9H14F6/c1-5(2)6(3)4-7(8(10,11)12)9(13,14)15/h5-7H,4H2,1-3H3. The Morgan fingerprint density at radius 2 is 1.13 bits per heavy atom. The van der Waals surface area contributed by atoms with Crippen LogP contribution in [0.4, 0.5) is 26.3 Å². The van der Waals surface area contributed by atoms with E-state index in [1.54, 1.807) is 13.8 Å². The van der Waals surface area contributed by atoms with Crippen LogP contribution in [0.1, 0.15) is 27.2 Å². The van der Waals surface area contributed by atoms with Gasteiger partial charge in [0.2, 0.25) is 0 Å². The summed E-state index contributed by atoms with van der Waals surface area (Å²) in [6, 6.07) is 0. The van der Waals surface area contributed by atoms with Crippen LogP contribution in [0.5, 0.6) is 0 Å². The molecule has 6 heteroatoms. The zero-order chi connectivity index (χ0) is 12.4. The van der Waals surface area contributed by atoms with Gasteiger partial charge >= 0.3 is 12.4 Å². The third-order valence-corrected chi connectivity index (χ3v) is 2.54. The molecule has 0 nitrogen and oxygen atoms in total. The summed E-state index contributed by atoms with van der Waals surface area (Å²) in [5.41, 5.74) is 0. The van der Waals surface area contributed by atoms with Gasteiger partial charge in [0.1, 0.15) is 0 Å². The van der Waals surface area contributed by atoms with E-state index in [0.717, 1.165) is 0 Å². The molecule has 0 radical (unpaired) electrons. The molecule has 0 bridgehead atoms. The maximum absolute atomic E-state index is 12.1. The van der Waals surface area contributed by atoms with Crippen LogP contribution in [0.2, 0.25) is 0 Å². The molecular weight excluding hydrogens is 222 g/mol. The van der Waals surface area contributed by atoms with Crippen molar-refractivity contribution in [2.75, 3.05) is 0 Å². The number of halogens is 6. The first-order valence-electron chi connectivity index (χ1n) is 4.59. The average molecular weight is 236 g/mol. The summed E-state index contributed by atoms with van der Waals surface area (Å²) in [5, 5.41) is 0. The highest BCUT2D eigenvalue weighted by Crippen LogP contribution is 2.43. The monoisotopic (exact) mass is 236 g/mol. The highest BCUT2D eigenvalue weighted by Gasteiger charge is 2.56. The van der Waals surface area contributed by atoms with Gasteiger partial charge in [0.05, 0.1) is 0 Å². The van der Waals surface area contributed by atoms with Crippen LogP contribution < -0.4 is 0 Å². The molecule has 92 valence electrons. The molecule has 15 heavy (non-hydrogen) atoms. The lowest BCUT2D eigenvalue weighted by Gasteiger charge is -2.27. The van der Waals surface area contributed by atoms with Crippen LogP contribution in [0.15, 0.2) is 0 Å². The number of alkyl halides is 6. The first kappa shape index (κ1) is 14.6. The van der Waals surface area contributed by atoms with Gasteiger partial charge in [-0.05, 0) is 18.3 Å². The molecule has 0 saturated heterocycles. The summed E-state index contributed by atoms with van der Waals surface area (Å²) >= 11 is 0. The zero-order valence-electron chi connectivity index (χ0n) is 8.71. The van der Waals surface area contributed by atoms with E-state index in [-0.39, 0.29) is 5.92 Å². The Hall–Kier alpha value is -0.420. The van der Waals surface area contributed by atoms with Crippen molar-refractivity contribution in [3.63, 3.8) is 0 Å². The molecular formula is C9H14F6. The van der Waals surface area contributed by atoms with Crippen molar-refractivity contribution in [2.45, 2.75) is 39.5 Å². The minimum atomic E-state index is -5.21. The number of hydrogen-bond donors (Lipinski definition) is 0. The lowest BCUT2D eigenvalue weighted by atomic mass is 9.87. The minimum absolute atomic E-state index is 0.197. The van der Waals surface area contributed by atoms with Gasteiger partial charge in [0, 0.05) is 0 Å². The van der Waals surface area contributed by atoms with E-state index in [1.807, 2.05) is 0 Å². The van der Waals surface area contributed by atoms with Crippen LogP contribution in [0.25, 0.3) is 0 Å². The predicted octanol–water partition coefficient (Wildman–Crippen LogP) is 4.41. The molecule has 0 aromatic rings. The predicted molar refractivity (Wildman–Crippen MR) is 44.2 cm³/mol. The summed E-state index contributed by atoms with van der Waals surface area (Å²) in [6.45, 7) is 4.61. The lowest BCUT2D eigenvalue weighted by molar-refractivity contribution is -0.288. The van der Waals surface area contributed by atoms with Gasteiger partial charge in [-0.15, -0.1) is 0 Å². The van der Waals surface area contributed by atoms with Crippen molar-refractivity contribution >= 4 is 0 Å². The normalized spacial score (nSPS) is 16.2. The molecule has 0 saturated carbocycles. The molecule has 1 unspecified atom stereocenters. The molecule has 0 aliphatic rings. The quantitative estimate of drug-likeness (QED) is 0.637. The highest BCUT2D eigenvalue weighted by molar-refractivity contribution is 4.78. The van der Waals surface area contributed by atoms with Crippen LogP contribution in [-0.2, 0) is 0 Å². The average Bonchev–Trinajstić information content (AvgIpc) is 1.94. The summed E-state index contributed by atoms with van der Waals surface area (Å²) in [6.07, 6.45) is -11.3.